The number of allylic oxidation sites excluding steroid dienone is 1. The van der Waals surface area contributed by atoms with Crippen LogP contribution in [0.1, 0.15) is 22.8 Å². The number of hydrogen-bond acceptors (Lipinski definition) is 5. The largest absolute Gasteiger partial charge is 0.497 e. The van der Waals surface area contributed by atoms with Gasteiger partial charge in [-0.3, -0.25) is 4.79 Å². The Balaban J connectivity index is 2.37. The minimum Gasteiger partial charge on any atom is -0.497 e. The fourth-order valence-corrected chi connectivity index (χ4v) is 2.59. The number of carbonyl (C=O) groups is 1. The van der Waals surface area contributed by atoms with E-state index in [0.29, 0.717) is 28.3 Å². The van der Waals surface area contributed by atoms with Crippen molar-refractivity contribution in [2.24, 2.45) is 0 Å². The van der Waals surface area contributed by atoms with Crippen LogP contribution in [0.2, 0.25) is 0 Å². The Bertz CT molecular complexity index is 811. The molecule has 2 rings (SSSR count). The maximum atomic E-state index is 12.8. The molecule has 0 unspecified atom stereocenters. The highest BCUT2D eigenvalue weighted by Gasteiger charge is 2.15. The number of nitrogen functional groups attached to an aromatic ring is 1. The van der Waals surface area contributed by atoms with E-state index in [1.54, 1.807) is 32.2 Å². The number of rotatable bonds is 6. The second kappa shape index (κ2) is 7.75. The highest BCUT2D eigenvalue weighted by atomic mass is 16.5. The number of nitrogens with zero attached hydrogens (tertiary/aromatic N) is 1. The van der Waals surface area contributed by atoms with Gasteiger partial charge in [0, 0.05) is 14.1 Å². The topological polar surface area (TPSA) is 64.8 Å². The number of anilines is 2. The van der Waals surface area contributed by atoms with E-state index in [-0.39, 0.29) is 5.78 Å². The average Bonchev–Trinajstić information content (AvgIpc) is 2.60. The van der Waals surface area contributed by atoms with Crippen LogP contribution in [0.5, 0.6) is 11.5 Å². The van der Waals surface area contributed by atoms with E-state index in [1.807, 2.05) is 43.3 Å². The third-order valence-electron chi connectivity index (χ3n) is 3.93. The van der Waals surface area contributed by atoms with Crippen molar-refractivity contribution in [2.45, 2.75) is 6.92 Å². The van der Waals surface area contributed by atoms with Crippen LogP contribution in [-0.2, 0) is 0 Å². The zero-order valence-electron chi connectivity index (χ0n) is 15.3. The van der Waals surface area contributed by atoms with E-state index in [4.69, 9.17) is 15.2 Å². The lowest BCUT2D eigenvalue weighted by molar-refractivity contribution is 0.103. The maximum Gasteiger partial charge on any atom is 0.192 e. The Morgan fingerprint density at radius 3 is 2.36 bits per heavy atom. The number of carbonyl (C=O) groups excluding carboxylic acids is 1. The molecule has 0 saturated carbocycles. The van der Waals surface area contributed by atoms with Crippen molar-refractivity contribution in [2.75, 3.05) is 38.9 Å². The molecule has 0 aliphatic carbocycles. The molecule has 5 nitrogen and oxygen atoms in total. The van der Waals surface area contributed by atoms with E-state index in [9.17, 15) is 4.79 Å². The summed E-state index contributed by atoms with van der Waals surface area (Å²) in [6.07, 6.45) is 1.82. The number of Topliss-reactive ketones (excluding diaryl/α,β-unsaturated/α-hetero) is 1. The molecule has 2 aromatic rings. The van der Waals surface area contributed by atoms with Crippen LogP contribution in [0, 0.1) is 0 Å². The van der Waals surface area contributed by atoms with E-state index in [2.05, 4.69) is 0 Å². The number of ether oxygens (including phenoxy) is 2. The molecular formula is C20H24N2O3. The molecule has 0 aromatic heterocycles. The predicted octanol–water partition coefficient (Wildman–Crippen LogP) is 3.64. The van der Waals surface area contributed by atoms with E-state index in [1.165, 1.54) is 7.11 Å². The molecule has 0 bridgehead atoms. The zero-order valence-corrected chi connectivity index (χ0v) is 15.3. The van der Waals surface area contributed by atoms with Gasteiger partial charge in [-0.2, -0.15) is 0 Å². The first-order valence-electron chi connectivity index (χ1n) is 7.89. The first-order valence-corrected chi connectivity index (χ1v) is 7.89. The molecule has 132 valence electrons. The van der Waals surface area contributed by atoms with Crippen molar-refractivity contribution in [3.63, 3.8) is 0 Å². The summed E-state index contributed by atoms with van der Waals surface area (Å²) >= 11 is 0. The van der Waals surface area contributed by atoms with Crippen LogP contribution >= 0.6 is 0 Å². The van der Waals surface area contributed by atoms with E-state index >= 15 is 0 Å². The molecule has 5 heteroatoms. The summed E-state index contributed by atoms with van der Waals surface area (Å²) in [4.78, 5) is 14.8. The van der Waals surface area contributed by atoms with E-state index < -0.39 is 0 Å². The third-order valence-corrected chi connectivity index (χ3v) is 3.93. The highest BCUT2D eigenvalue weighted by Crippen LogP contribution is 2.28. The van der Waals surface area contributed by atoms with Crippen molar-refractivity contribution in [1.82, 2.24) is 0 Å². The molecule has 0 heterocycles. The summed E-state index contributed by atoms with van der Waals surface area (Å²) in [5.74, 6) is 1.00. The first kappa shape index (κ1) is 18.4. The second-order valence-corrected chi connectivity index (χ2v) is 5.94. The predicted molar refractivity (Wildman–Crippen MR) is 103 cm³/mol. The SMILES string of the molecule is COc1ccc(OC)c(C(=O)C(C)=Cc2ccc(N(C)C)c(N)c2)c1. The van der Waals surface area contributed by atoms with Crippen LogP contribution in [0.15, 0.2) is 42.0 Å². The van der Waals surface area contributed by atoms with Gasteiger partial charge in [0.25, 0.3) is 0 Å². The summed E-state index contributed by atoms with van der Waals surface area (Å²) < 4.78 is 10.5. The lowest BCUT2D eigenvalue weighted by Gasteiger charge is -2.15. The minimum atomic E-state index is -0.119. The molecule has 2 N–H and O–H groups in total. The van der Waals surface area contributed by atoms with Crippen molar-refractivity contribution < 1.29 is 14.3 Å². The van der Waals surface area contributed by atoms with Gasteiger partial charge in [-0.1, -0.05) is 6.07 Å². The fourth-order valence-electron chi connectivity index (χ4n) is 2.59. The lowest BCUT2D eigenvalue weighted by atomic mass is 10.0. The van der Waals surface area contributed by atoms with Crippen molar-refractivity contribution in [3.8, 4) is 11.5 Å². The van der Waals surface area contributed by atoms with Crippen molar-refractivity contribution >= 4 is 23.2 Å². The van der Waals surface area contributed by atoms with Crippen LogP contribution in [0.4, 0.5) is 11.4 Å². The summed E-state index contributed by atoms with van der Waals surface area (Å²) in [6.45, 7) is 1.78. The second-order valence-electron chi connectivity index (χ2n) is 5.94. The number of methoxy groups -OCH3 is 2. The molecule has 0 amide bonds. The Morgan fingerprint density at radius 2 is 1.80 bits per heavy atom. The number of hydrogen-bond donors (Lipinski definition) is 1. The molecule has 0 saturated heterocycles. The van der Waals surface area contributed by atoms with Gasteiger partial charge in [-0.15, -0.1) is 0 Å². The lowest BCUT2D eigenvalue weighted by Crippen LogP contribution is -2.11. The normalized spacial score (nSPS) is 11.2. The Morgan fingerprint density at radius 1 is 1.08 bits per heavy atom. The molecule has 0 atom stereocenters. The number of benzene rings is 2. The van der Waals surface area contributed by atoms with Gasteiger partial charge < -0.3 is 20.1 Å². The highest BCUT2D eigenvalue weighted by molar-refractivity contribution is 6.12. The smallest absolute Gasteiger partial charge is 0.192 e. The van der Waals surface area contributed by atoms with Gasteiger partial charge >= 0.3 is 0 Å². The summed E-state index contributed by atoms with van der Waals surface area (Å²) in [5, 5.41) is 0. The quantitative estimate of drug-likeness (QED) is 0.494. The zero-order chi connectivity index (χ0) is 18.6. The molecule has 2 aromatic carbocycles. The van der Waals surface area contributed by atoms with Crippen LogP contribution in [-0.4, -0.2) is 34.1 Å². The van der Waals surface area contributed by atoms with E-state index in [0.717, 1.165) is 11.3 Å². The van der Waals surface area contributed by atoms with Gasteiger partial charge in [0.05, 0.1) is 31.2 Å². The first-order chi connectivity index (χ1) is 11.9. The molecular weight excluding hydrogens is 316 g/mol. The third kappa shape index (κ3) is 4.12. The van der Waals surface area contributed by atoms with Gasteiger partial charge in [0.2, 0.25) is 0 Å². The monoisotopic (exact) mass is 340 g/mol. The molecule has 0 aliphatic heterocycles. The molecule has 0 fully saturated rings. The maximum absolute atomic E-state index is 12.8. The molecule has 25 heavy (non-hydrogen) atoms. The summed E-state index contributed by atoms with van der Waals surface area (Å²) in [5.41, 5.74) is 9.61. The molecule has 0 aliphatic rings. The van der Waals surface area contributed by atoms with Gasteiger partial charge in [-0.25, -0.2) is 0 Å². The number of nitrogens with two attached hydrogens (primary N) is 1. The minimum absolute atomic E-state index is 0.119. The molecule has 0 radical (unpaired) electrons. The van der Waals surface area contributed by atoms with Crippen LogP contribution in [0.25, 0.3) is 6.08 Å². The Kier molecular flexibility index (Phi) is 5.70. The van der Waals surface area contributed by atoms with Crippen molar-refractivity contribution in [1.29, 1.82) is 0 Å². The fraction of sp³-hybridized carbons (Fsp3) is 0.250. The molecule has 0 spiro atoms. The average molecular weight is 340 g/mol. The van der Waals surface area contributed by atoms with Gasteiger partial charge in [0.1, 0.15) is 11.5 Å². The Hall–Kier alpha value is -2.95. The van der Waals surface area contributed by atoms with Gasteiger partial charge in [0.15, 0.2) is 5.78 Å². The van der Waals surface area contributed by atoms with Crippen LogP contribution in [0.3, 0.4) is 0 Å². The standard InChI is InChI=1S/C20H24N2O3/c1-13(10-14-6-8-18(22(2)3)17(21)11-14)20(23)16-12-15(24-4)7-9-19(16)25-5/h6-12H,21H2,1-5H3. The Labute approximate surface area is 148 Å². The number of ketones is 1. The van der Waals surface area contributed by atoms with Crippen molar-refractivity contribution in [3.05, 3.63) is 53.1 Å². The van der Waals surface area contributed by atoms with Crippen LogP contribution < -0.4 is 20.1 Å². The van der Waals surface area contributed by atoms with Gasteiger partial charge in [-0.05, 0) is 54.5 Å². The summed E-state index contributed by atoms with van der Waals surface area (Å²) in [7, 11) is 6.97. The summed E-state index contributed by atoms with van der Waals surface area (Å²) in [6, 6.07) is 10.9.